The molecular formula is C10H10F3N5O2S. The first kappa shape index (κ1) is 15.4. The van der Waals surface area contributed by atoms with Crippen LogP contribution in [0.3, 0.4) is 0 Å². The Bertz CT molecular complexity index is 651. The summed E-state index contributed by atoms with van der Waals surface area (Å²) in [6.07, 6.45) is 2.85. The van der Waals surface area contributed by atoms with Crippen LogP contribution in [0.5, 0.6) is 0 Å². The Balaban J connectivity index is 2.30. The van der Waals surface area contributed by atoms with Gasteiger partial charge in [-0.25, -0.2) is 14.5 Å². The van der Waals surface area contributed by atoms with Crippen LogP contribution in [0, 0.1) is 0 Å². The quantitative estimate of drug-likeness (QED) is 0.901. The second-order valence-corrected chi connectivity index (χ2v) is 5.16. The van der Waals surface area contributed by atoms with Gasteiger partial charge in [0.1, 0.15) is 5.69 Å². The van der Waals surface area contributed by atoms with E-state index < -0.39 is 11.5 Å². The van der Waals surface area contributed by atoms with Crippen LogP contribution in [-0.4, -0.2) is 46.9 Å². The third kappa shape index (κ3) is 3.54. The Morgan fingerprint density at radius 3 is 2.71 bits per heavy atom. The second kappa shape index (κ2) is 5.76. The first-order valence-corrected chi connectivity index (χ1v) is 6.62. The summed E-state index contributed by atoms with van der Waals surface area (Å²) in [5.41, 5.74) is -4.13. The summed E-state index contributed by atoms with van der Waals surface area (Å²) in [6, 6.07) is 0. The summed E-state index contributed by atoms with van der Waals surface area (Å²) < 4.78 is 39.1. The van der Waals surface area contributed by atoms with E-state index in [1.54, 1.807) is 11.6 Å². The lowest BCUT2D eigenvalue weighted by Gasteiger charge is -2.08. The van der Waals surface area contributed by atoms with E-state index in [-0.39, 0.29) is 35.4 Å². The normalized spacial score (nSPS) is 11.8. The third-order valence-corrected chi connectivity index (χ3v) is 3.28. The molecule has 7 nitrogen and oxygen atoms in total. The minimum absolute atomic E-state index is 0.120. The van der Waals surface area contributed by atoms with Gasteiger partial charge in [-0.05, 0) is 11.8 Å². The molecule has 2 rings (SSSR count). The largest absolute Gasteiger partial charge is 0.476 e. The lowest BCUT2D eigenvalue weighted by molar-refractivity contribution is -0.0328. The molecule has 2 heterocycles. The fourth-order valence-electron chi connectivity index (χ4n) is 1.70. The van der Waals surface area contributed by atoms with Gasteiger partial charge in [-0.3, -0.25) is 0 Å². The monoisotopic (exact) mass is 321 g/mol. The molecule has 0 amide bonds. The molecule has 0 aliphatic heterocycles. The van der Waals surface area contributed by atoms with Crippen molar-refractivity contribution in [3.8, 4) is 11.4 Å². The van der Waals surface area contributed by atoms with Gasteiger partial charge in [-0.2, -0.15) is 13.2 Å². The summed E-state index contributed by atoms with van der Waals surface area (Å²) in [6.45, 7) is -0.120. The first-order chi connectivity index (χ1) is 9.79. The molecule has 0 aliphatic carbocycles. The number of alkyl halides is 3. The summed E-state index contributed by atoms with van der Waals surface area (Å²) >= 11 is -0.202. The van der Waals surface area contributed by atoms with E-state index in [9.17, 15) is 18.0 Å². The van der Waals surface area contributed by atoms with Crippen LogP contribution in [0.1, 0.15) is 10.5 Å². The number of nitrogens with zero attached hydrogens (tertiary/aromatic N) is 5. The summed E-state index contributed by atoms with van der Waals surface area (Å²) in [5, 5.41) is 16.2. The van der Waals surface area contributed by atoms with Crippen LogP contribution in [0.15, 0.2) is 12.5 Å². The zero-order valence-corrected chi connectivity index (χ0v) is 11.5. The Hall–Kier alpha value is -2.04. The number of carboxylic acids is 1. The van der Waals surface area contributed by atoms with E-state index in [1.807, 2.05) is 0 Å². The van der Waals surface area contributed by atoms with Crippen LogP contribution in [0.2, 0.25) is 0 Å². The number of aryl methyl sites for hydroxylation is 2. The number of carbonyl (C=O) groups is 1. The Labute approximate surface area is 120 Å². The van der Waals surface area contributed by atoms with Gasteiger partial charge in [0.05, 0.1) is 24.8 Å². The molecule has 0 saturated carbocycles. The van der Waals surface area contributed by atoms with E-state index in [2.05, 4.69) is 15.3 Å². The first-order valence-electron chi connectivity index (χ1n) is 5.64. The van der Waals surface area contributed by atoms with Crippen LogP contribution >= 0.6 is 11.8 Å². The topological polar surface area (TPSA) is 85.8 Å². The molecule has 0 aliphatic rings. The Kier molecular flexibility index (Phi) is 4.21. The maximum absolute atomic E-state index is 12.1. The average Bonchev–Trinajstić information content (AvgIpc) is 2.93. The molecule has 2 aromatic heterocycles. The minimum atomic E-state index is -4.34. The minimum Gasteiger partial charge on any atom is -0.476 e. The van der Waals surface area contributed by atoms with Gasteiger partial charge < -0.3 is 9.67 Å². The Morgan fingerprint density at radius 2 is 2.19 bits per heavy atom. The van der Waals surface area contributed by atoms with Crippen LogP contribution in [0.25, 0.3) is 11.4 Å². The average molecular weight is 321 g/mol. The fourth-order valence-corrected chi connectivity index (χ4v) is 2.20. The Morgan fingerprint density at radius 1 is 1.48 bits per heavy atom. The van der Waals surface area contributed by atoms with E-state index in [0.717, 1.165) is 4.68 Å². The van der Waals surface area contributed by atoms with Crippen LogP contribution in [-0.2, 0) is 13.6 Å². The molecule has 0 atom stereocenters. The molecule has 21 heavy (non-hydrogen) atoms. The van der Waals surface area contributed by atoms with Crippen molar-refractivity contribution in [3.05, 3.63) is 18.2 Å². The van der Waals surface area contributed by atoms with Crippen molar-refractivity contribution < 1.29 is 23.1 Å². The number of rotatable bonds is 5. The van der Waals surface area contributed by atoms with Gasteiger partial charge in [0.25, 0.3) is 0 Å². The highest BCUT2D eigenvalue weighted by molar-refractivity contribution is 8.00. The number of carboxylic acid groups (broad SMARTS) is 1. The van der Waals surface area contributed by atoms with E-state index in [0.29, 0.717) is 5.69 Å². The van der Waals surface area contributed by atoms with E-state index in [4.69, 9.17) is 5.11 Å². The number of aromatic nitrogens is 5. The van der Waals surface area contributed by atoms with Gasteiger partial charge >= 0.3 is 11.5 Å². The molecule has 0 spiro atoms. The lowest BCUT2D eigenvalue weighted by atomic mass is 10.2. The van der Waals surface area contributed by atoms with Crippen molar-refractivity contribution >= 4 is 17.7 Å². The zero-order valence-electron chi connectivity index (χ0n) is 10.7. The summed E-state index contributed by atoms with van der Waals surface area (Å²) in [4.78, 5) is 15.0. The molecule has 0 fully saturated rings. The summed E-state index contributed by atoms with van der Waals surface area (Å²) in [7, 11) is 1.63. The van der Waals surface area contributed by atoms with Crippen molar-refractivity contribution in [2.45, 2.75) is 12.1 Å². The van der Waals surface area contributed by atoms with Gasteiger partial charge in [-0.15, -0.1) is 5.10 Å². The number of hydrogen-bond acceptors (Lipinski definition) is 5. The maximum atomic E-state index is 12.1. The highest BCUT2D eigenvalue weighted by atomic mass is 32.2. The van der Waals surface area contributed by atoms with Crippen molar-refractivity contribution in [1.29, 1.82) is 0 Å². The van der Waals surface area contributed by atoms with Crippen molar-refractivity contribution in [2.24, 2.45) is 7.05 Å². The molecule has 0 saturated heterocycles. The molecular weight excluding hydrogens is 311 g/mol. The highest BCUT2D eigenvalue weighted by Crippen LogP contribution is 2.30. The zero-order chi connectivity index (χ0) is 15.6. The predicted octanol–water partition coefficient (Wildman–Crippen LogP) is 1.63. The molecule has 1 N–H and O–H groups in total. The lowest BCUT2D eigenvalue weighted by Crippen LogP contribution is -2.11. The van der Waals surface area contributed by atoms with Crippen molar-refractivity contribution in [1.82, 2.24) is 24.5 Å². The van der Waals surface area contributed by atoms with Crippen molar-refractivity contribution in [3.63, 3.8) is 0 Å². The number of aromatic carboxylic acids is 1. The second-order valence-electron chi connectivity index (χ2n) is 4.00. The van der Waals surface area contributed by atoms with Gasteiger partial charge in [0, 0.05) is 12.8 Å². The number of imidazole rings is 1. The SMILES string of the molecule is Cn1cncc1-c1c(C(=O)O)nnn1CCSC(F)(F)F. The molecule has 2 aromatic rings. The number of halogens is 3. The molecule has 11 heteroatoms. The van der Waals surface area contributed by atoms with Gasteiger partial charge in [0.15, 0.2) is 5.69 Å². The van der Waals surface area contributed by atoms with Gasteiger partial charge in [0.2, 0.25) is 0 Å². The molecule has 0 aromatic carbocycles. The van der Waals surface area contributed by atoms with Crippen LogP contribution < -0.4 is 0 Å². The number of thioether (sulfide) groups is 1. The van der Waals surface area contributed by atoms with Crippen LogP contribution in [0.4, 0.5) is 13.2 Å². The molecule has 0 unspecified atom stereocenters. The maximum Gasteiger partial charge on any atom is 0.441 e. The van der Waals surface area contributed by atoms with Gasteiger partial charge in [-0.1, -0.05) is 5.21 Å². The highest BCUT2D eigenvalue weighted by Gasteiger charge is 2.28. The molecule has 0 radical (unpaired) electrons. The predicted molar refractivity (Wildman–Crippen MR) is 67.7 cm³/mol. The van der Waals surface area contributed by atoms with E-state index >= 15 is 0 Å². The summed E-state index contributed by atoms with van der Waals surface area (Å²) in [5.74, 6) is -1.60. The standard InChI is InChI=1S/C10H10F3N5O2S/c1-17-5-14-4-6(17)8-7(9(19)20)15-16-18(8)2-3-21-10(11,12)13/h4-5H,2-3H2,1H3,(H,19,20). The third-order valence-electron chi connectivity index (χ3n) is 2.57. The smallest absolute Gasteiger partial charge is 0.441 e. The fraction of sp³-hybridized carbons (Fsp3) is 0.400. The van der Waals surface area contributed by atoms with Crippen molar-refractivity contribution in [2.75, 3.05) is 5.75 Å². The molecule has 114 valence electrons. The van der Waals surface area contributed by atoms with E-state index in [1.165, 1.54) is 12.5 Å². The number of hydrogen-bond donors (Lipinski definition) is 1. The molecule has 0 bridgehead atoms.